The van der Waals surface area contributed by atoms with E-state index in [4.69, 9.17) is 9.26 Å². The van der Waals surface area contributed by atoms with E-state index in [1.165, 1.54) is 6.92 Å². The van der Waals surface area contributed by atoms with Crippen molar-refractivity contribution in [2.75, 3.05) is 6.61 Å². The lowest BCUT2D eigenvalue weighted by molar-refractivity contribution is -0.141. The Kier molecular flexibility index (Phi) is 13.2. The molecule has 0 fully saturated rings. The third-order valence-electron chi connectivity index (χ3n) is 6.85. The smallest absolute Gasteiger partial charge is 0.408 e. The lowest BCUT2D eigenvalue weighted by Gasteiger charge is -2.25. The van der Waals surface area contributed by atoms with Gasteiger partial charge in [0, 0.05) is 10.6 Å². The Morgan fingerprint density at radius 2 is 1.26 bits per heavy atom. The van der Waals surface area contributed by atoms with Crippen LogP contribution in [0.3, 0.4) is 0 Å². The van der Waals surface area contributed by atoms with E-state index in [-0.39, 0.29) is 12.5 Å². The summed E-state index contributed by atoms with van der Waals surface area (Å²) in [5.74, 6) is -4.13. The van der Waals surface area contributed by atoms with E-state index < -0.39 is 68.2 Å². The fourth-order valence-corrected chi connectivity index (χ4v) is 6.35. The number of hydrogen-bond acceptors (Lipinski definition) is 8. The van der Waals surface area contributed by atoms with Crippen LogP contribution in [-0.4, -0.2) is 59.5 Å². The highest BCUT2D eigenvalue weighted by atomic mass is 31.2. The van der Waals surface area contributed by atoms with Gasteiger partial charge in [0.25, 0.3) is 7.37 Å². The molecule has 3 amide bonds. The molecule has 0 aliphatic rings. The van der Waals surface area contributed by atoms with E-state index in [9.17, 15) is 33.6 Å². The Bertz CT molecular complexity index is 1490. The summed E-state index contributed by atoms with van der Waals surface area (Å²) >= 11 is 0. The first-order valence-corrected chi connectivity index (χ1v) is 16.2. The van der Waals surface area contributed by atoms with Crippen molar-refractivity contribution in [2.45, 2.75) is 51.9 Å². The number of aliphatic carboxylic acids is 1. The largest absolute Gasteiger partial charge is 0.481 e. The van der Waals surface area contributed by atoms with Gasteiger partial charge < -0.3 is 30.3 Å². The molecule has 4 N–H and O–H groups in total. The minimum absolute atomic E-state index is 0.00717. The number of carboxylic acid groups (broad SMARTS) is 1. The fraction of sp³-hybridized carbons (Fsp3) is 0.303. The molecule has 3 atom stereocenters. The number of amides is 3. The third kappa shape index (κ3) is 10.4. The summed E-state index contributed by atoms with van der Waals surface area (Å²) in [5, 5.41) is 17.4. The first-order chi connectivity index (χ1) is 21.9. The number of benzene rings is 3. The van der Waals surface area contributed by atoms with Gasteiger partial charge in [-0.3, -0.25) is 23.7 Å². The number of alkyl carbamates (subject to hydrolysis) is 1. The molecule has 3 aromatic rings. The first-order valence-electron chi connectivity index (χ1n) is 14.6. The van der Waals surface area contributed by atoms with Crippen LogP contribution in [0.4, 0.5) is 4.79 Å². The second-order valence-electron chi connectivity index (χ2n) is 10.8. The predicted molar refractivity (Wildman–Crippen MR) is 171 cm³/mol. The molecule has 3 aromatic carbocycles. The highest BCUT2D eigenvalue weighted by molar-refractivity contribution is 7.74. The van der Waals surface area contributed by atoms with E-state index in [0.29, 0.717) is 10.6 Å². The van der Waals surface area contributed by atoms with Gasteiger partial charge in [0.2, 0.25) is 11.8 Å². The van der Waals surface area contributed by atoms with Crippen molar-refractivity contribution in [3.8, 4) is 0 Å². The molecule has 0 saturated heterocycles. The number of carboxylic acids is 1. The molecule has 244 valence electrons. The number of nitrogens with one attached hydrogen (secondary N) is 3. The molecule has 12 nitrogen and oxygen atoms in total. The molecule has 0 spiro atoms. The van der Waals surface area contributed by atoms with Crippen molar-refractivity contribution in [1.29, 1.82) is 0 Å². The zero-order valence-corrected chi connectivity index (χ0v) is 26.6. The van der Waals surface area contributed by atoms with Crippen molar-refractivity contribution in [3.63, 3.8) is 0 Å². The molecule has 0 aromatic heterocycles. The number of hydrogen-bond donors (Lipinski definition) is 4. The van der Waals surface area contributed by atoms with Gasteiger partial charge in [0.1, 0.15) is 31.3 Å². The Labute approximate surface area is 267 Å². The Morgan fingerprint density at radius 3 is 1.76 bits per heavy atom. The van der Waals surface area contributed by atoms with Crippen molar-refractivity contribution in [2.24, 2.45) is 5.92 Å². The quantitative estimate of drug-likeness (QED) is 0.170. The molecule has 0 radical (unpaired) electrons. The van der Waals surface area contributed by atoms with Crippen LogP contribution >= 0.6 is 7.37 Å². The van der Waals surface area contributed by atoms with E-state index in [1.54, 1.807) is 98.8 Å². The van der Waals surface area contributed by atoms with Gasteiger partial charge in [-0.05, 0) is 42.7 Å². The molecule has 13 heteroatoms. The number of carbonyl (C=O) groups is 5. The minimum atomic E-state index is -3.76. The average molecular weight is 652 g/mol. The zero-order valence-electron chi connectivity index (χ0n) is 25.8. The van der Waals surface area contributed by atoms with E-state index in [1.807, 2.05) is 6.07 Å². The van der Waals surface area contributed by atoms with Crippen LogP contribution in [0.25, 0.3) is 0 Å². The topological polar surface area (TPSA) is 177 Å². The van der Waals surface area contributed by atoms with Crippen LogP contribution in [-0.2, 0) is 39.6 Å². The Hall–Kier alpha value is -4.80. The summed E-state index contributed by atoms with van der Waals surface area (Å²) in [6.07, 6.45) is -1.61. The number of rotatable bonds is 16. The third-order valence-corrected chi connectivity index (χ3v) is 9.30. The Balaban J connectivity index is 1.64. The standard InChI is InChI=1S/C33H38N3O9P/c1-22(2)30(36-33(42)44-20-24-13-7-4-8-14-24)32(41)34-23(3)31(40)35-27(19-29(38)39)28(37)21-45-46(43,25-15-9-5-10-16-25)26-17-11-6-12-18-26/h4-18,22-23,27,30H,19-21H2,1-3H3,(H,34,41)(H,35,40)(H,36,42)(H,38,39)/t23-,27-,30-/m0/s1. The normalized spacial score (nSPS) is 13.1. The lowest BCUT2D eigenvalue weighted by Crippen LogP contribution is -2.56. The Morgan fingerprint density at radius 1 is 0.739 bits per heavy atom. The molecule has 0 saturated carbocycles. The molecule has 3 rings (SSSR count). The van der Waals surface area contributed by atoms with E-state index in [2.05, 4.69) is 16.0 Å². The summed E-state index contributed by atoms with van der Waals surface area (Å²) in [4.78, 5) is 63.2. The second-order valence-corrected chi connectivity index (χ2v) is 13.2. The maximum atomic E-state index is 14.1. The molecular formula is C33H38N3O9P. The molecule has 46 heavy (non-hydrogen) atoms. The van der Waals surface area contributed by atoms with Crippen LogP contribution in [0.1, 0.15) is 32.8 Å². The zero-order chi connectivity index (χ0) is 33.7. The van der Waals surface area contributed by atoms with Gasteiger partial charge in [-0.1, -0.05) is 80.6 Å². The highest BCUT2D eigenvalue weighted by Gasteiger charge is 2.33. The van der Waals surface area contributed by atoms with Crippen LogP contribution in [0.2, 0.25) is 0 Å². The van der Waals surface area contributed by atoms with E-state index >= 15 is 0 Å². The molecule has 0 aliphatic carbocycles. The number of ketones is 1. The number of ether oxygens (including phenoxy) is 1. The van der Waals surface area contributed by atoms with Crippen molar-refractivity contribution in [3.05, 3.63) is 96.6 Å². The van der Waals surface area contributed by atoms with Crippen LogP contribution in [0.5, 0.6) is 0 Å². The van der Waals surface area contributed by atoms with Crippen molar-refractivity contribution < 1.29 is 42.9 Å². The average Bonchev–Trinajstić information content (AvgIpc) is 3.05. The maximum absolute atomic E-state index is 14.1. The SMILES string of the molecule is CC(C)[C@H](NC(=O)OCc1ccccc1)C(=O)N[C@@H](C)C(=O)N[C@@H](CC(=O)O)C(=O)COP(=O)(c1ccccc1)c1ccccc1. The van der Waals surface area contributed by atoms with Crippen molar-refractivity contribution >= 4 is 47.6 Å². The number of Topliss-reactive ketones (excluding diaryl/α,β-unsaturated/α-hetero) is 1. The van der Waals surface area contributed by atoms with Crippen LogP contribution < -0.4 is 26.6 Å². The monoisotopic (exact) mass is 651 g/mol. The minimum Gasteiger partial charge on any atom is -0.481 e. The van der Waals surface area contributed by atoms with E-state index in [0.717, 1.165) is 5.56 Å². The van der Waals surface area contributed by atoms with Gasteiger partial charge in [0.15, 0.2) is 5.78 Å². The summed E-state index contributed by atoms with van der Waals surface area (Å²) in [7, 11) is -3.76. The van der Waals surface area contributed by atoms with Gasteiger partial charge in [-0.15, -0.1) is 0 Å². The van der Waals surface area contributed by atoms with Crippen molar-refractivity contribution in [1.82, 2.24) is 16.0 Å². The van der Waals surface area contributed by atoms with Gasteiger partial charge in [0.05, 0.1) is 6.42 Å². The molecule has 0 aliphatic heterocycles. The summed E-state index contributed by atoms with van der Waals surface area (Å²) in [5.41, 5.74) is 0.757. The van der Waals surface area contributed by atoms with Crippen LogP contribution in [0, 0.1) is 5.92 Å². The molecular weight excluding hydrogens is 613 g/mol. The fourth-order valence-electron chi connectivity index (χ4n) is 4.31. The highest BCUT2D eigenvalue weighted by Crippen LogP contribution is 2.44. The molecule has 0 unspecified atom stereocenters. The van der Waals surface area contributed by atoms with Gasteiger partial charge in [-0.2, -0.15) is 0 Å². The number of carbonyl (C=O) groups excluding carboxylic acids is 4. The maximum Gasteiger partial charge on any atom is 0.408 e. The lowest BCUT2D eigenvalue weighted by atomic mass is 10.0. The molecule has 0 heterocycles. The summed E-state index contributed by atoms with van der Waals surface area (Å²) < 4.78 is 25.0. The predicted octanol–water partition coefficient (Wildman–Crippen LogP) is 2.92. The second kappa shape index (κ2) is 17.0. The first kappa shape index (κ1) is 35.7. The van der Waals surface area contributed by atoms with Crippen LogP contribution in [0.15, 0.2) is 91.0 Å². The van der Waals surface area contributed by atoms with Gasteiger partial charge in [-0.25, -0.2) is 4.79 Å². The summed E-state index contributed by atoms with van der Waals surface area (Å²) in [6.45, 7) is 3.96. The summed E-state index contributed by atoms with van der Waals surface area (Å²) in [6, 6.07) is 21.7. The van der Waals surface area contributed by atoms with Gasteiger partial charge >= 0.3 is 12.1 Å². The molecule has 0 bridgehead atoms.